The molecule has 8 heteroatoms. The summed E-state index contributed by atoms with van der Waals surface area (Å²) in [5.41, 5.74) is 3.22. The number of hydrogen-bond acceptors (Lipinski definition) is 5. The molecule has 1 unspecified atom stereocenters. The van der Waals surface area contributed by atoms with E-state index in [1.54, 1.807) is 0 Å². The normalized spacial score (nSPS) is 19.7. The van der Waals surface area contributed by atoms with E-state index in [9.17, 15) is 8.42 Å². The minimum atomic E-state index is -3.25. The zero-order valence-electron chi connectivity index (χ0n) is 12.9. The first-order valence-electron chi connectivity index (χ1n) is 7.19. The Bertz CT molecular complexity index is 799. The molecule has 0 aliphatic carbocycles. The van der Waals surface area contributed by atoms with Gasteiger partial charge in [0, 0.05) is 17.9 Å². The summed E-state index contributed by atoms with van der Waals surface area (Å²) < 4.78 is 25.3. The van der Waals surface area contributed by atoms with Crippen LogP contribution in [0.3, 0.4) is 0 Å². The molecule has 0 radical (unpaired) electrons. The van der Waals surface area contributed by atoms with E-state index in [2.05, 4.69) is 20.2 Å². The van der Waals surface area contributed by atoms with Gasteiger partial charge in [0.05, 0.1) is 18.0 Å². The van der Waals surface area contributed by atoms with Gasteiger partial charge in [-0.15, -0.1) is 0 Å². The number of aromatic amines is 1. The molecule has 118 valence electrons. The minimum absolute atomic E-state index is 0.284. The van der Waals surface area contributed by atoms with Gasteiger partial charge in [-0.25, -0.2) is 18.4 Å². The summed E-state index contributed by atoms with van der Waals surface area (Å²) >= 11 is 0. The summed E-state index contributed by atoms with van der Waals surface area (Å²) in [6.45, 7) is 4.33. The SMILES string of the molecule is Cc1cc(-c2cc(C)[nH]n2)nc(C2CCCN2S(C)(=O)=O)n1. The maximum Gasteiger partial charge on any atom is 0.211 e. The first-order valence-corrected chi connectivity index (χ1v) is 9.04. The molecule has 0 saturated carbocycles. The lowest BCUT2D eigenvalue weighted by molar-refractivity contribution is 0.386. The smallest absolute Gasteiger partial charge is 0.211 e. The summed E-state index contributed by atoms with van der Waals surface area (Å²) in [5, 5.41) is 7.11. The Labute approximate surface area is 129 Å². The van der Waals surface area contributed by atoms with Crippen LogP contribution in [-0.2, 0) is 10.0 Å². The molecule has 1 atom stereocenters. The van der Waals surface area contributed by atoms with Crippen molar-refractivity contribution in [2.24, 2.45) is 0 Å². The Morgan fingerprint density at radius 1 is 1.23 bits per heavy atom. The first kappa shape index (κ1) is 15.1. The fraction of sp³-hybridized carbons (Fsp3) is 0.500. The van der Waals surface area contributed by atoms with Gasteiger partial charge in [-0.05, 0) is 38.8 Å². The molecule has 1 fully saturated rings. The standard InChI is InChI=1S/C14H19N5O2S/c1-9-7-11(12-8-10(2)17-18-12)16-14(15-9)13-5-4-6-19(13)22(3,20)21/h7-8,13H,4-6H2,1-3H3,(H,17,18). The van der Waals surface area contributed by atoms with E-state index in [-0.39, 0.29) is 6.04 Å². The maximum atomic E-state index is 11.9. The van der Waals surface area contributed by atoms with Crippen LogP contribution < -0.4 is 0 Å². The number of nitrogens with one attached hydrogen (secondary N) is 1. The third kappa shape index (κ3) is 2.89. The highest BCUT2D eigenvalue weighted by Gasteiger charge is 2.34. The van der Waals surface area contributed by atoms with Crippen LogP contribution in [0.4, 0.5) is 0 Å². The molecule has 0 bridgehead atoms. The van der Waals surface area contributed by atoms with E-state index >= 15 is 0 Å². The van der Waals surface area contributed by atoms with Crippen LogP contribution in [0.1, 0.15) is 36.1 Å². The molecule has 0 amide bonds. The zero-order valence-corrected chi connectivity index (χ0v) is 13.7. The Morgan fingerprint density at radius 3 is 2.64 bits per heavy atom. The molecule has 1 aliphatic rings. The third-order valence-corrected chi connectivity index (χ3v) is 5.06. The molecule has 7 nitrogen and oxygen atoms in total. The van der Waals surface area contributed by atoms with E-state index < -0.39 is 10.0 Å². The van der Waals surface area contributed by atoms with Crippen LogP contribution in [0.25, 0.3) is 11.4 Å². The molecule has 2 aromatic rings. The van der Waals surface area contributed by atoms with Crippen LogP contribution in [0.2, 0.25) is 0 Å². The van der Waals surface area contributed by atoms with Gasteiger partial charge in [-0.3, -0.25) is 5.10 Å². The van der Waals surface area contributed by atoms with Crippen molar-refractivity contribution in [3.05, 3.63) is 29.3 Å². The Kier molecular flexibility index (Phi) is 3.73. The van der Waals surface area contributed by atoms with Gasteiger partial charge in [0.1, 0.15) is 11.5 Å². The van der Waals surface area contributed by atoms with Gasteiger partial charge in [-0.1, -0.05) is 0 Å². The lowest BCUT2D eigenvalue weighted by Crippen LogP contribution is -2.30. The van der Waals surface area contributed by atoms with Crippen molar-refractivity contribution in [2.45, 2.75) is 32.7 Å². The van der Waals surface area contributed by atoms with Crippen molar-refractivity contribution in [3.63, 3.8) is 0 Å². The number of H-pyrrole nitrogens is 1. The van der Waals surface area contributed by atoms with Crippen molar-refractivity contribution in [2.75, 3.05) is 12.8 Å². The summed E-state index contributed by atoms with van der Waals surface area (Å²) in [4.78, 5) is 9.02. The second-order valence-electron chi connectivity index (χ2n) is 5.72. The predicted octanol–water partition coefficient (Wildman–Crippen LogP) is 1.58. The van der Waals surface area contributed by atoms with Gasteiger partial charge in [0.2, 0.25) is 10.0 Å². The number of sulfonamides is 1. The summed E-state index contributed by atoms with van der Waals surface area (Å²) in [6, 6.07) is 3.49. The van der Waals surface area contributed by atoms with Crippen LogP contribution in [0.5, 0.6) is 0 Å². The van der Waals surface area contributed by atoms with Gasteiger partial charge in [-0.2, -0.15) is 9.40 Å². The fourth-order valence-electron chi connectivity index (χ4n) is 2.82. The lowest BCUT2D eigenvalue weighted by atomic mass is 10.2. The molecule has 3 rings (SSSR count). The van der Waals surface area contributed by atoms with Gasteiger partial charge in [0.25, 0.3) is 0 Å². The van der Waals surface area contributed by atoms with Crippen LogP contribution in [0.15, 0.2) is 12.1 Å². The largest absolute Gasteiger partial charge is 0.282 e. The van der Waals surface area contributed by atoms with E-state index in [1.165, 1.54) is 10.6 Å². The summed E-state index contributed by atoms with van der Waals surface area (Å²) in [6.07, 6.45) is 2.81. The topological polar surface area (TPSA) is 91.8 Å². The maximum absolute atomic E-state index is 11.9. The van der Waals surface area contributed by atoms with E-state index in [0.29, 0.717) is 18.1 Å². The number of aromatic nitrogens is 4. The summed E-state index contributed by atoms with van der Waals surface area (Å²) in [5.74, 6) is 0.554. The number of aryl methyl sites for hydroxylation is 2. The number of hydrogen-bond donors (Lipinski definition) is 1. The lowest BCUT2D eigenvalue weighted by Gasteiger charge is -2.21. The molecule has 1 aliphatic heterocycles. The molecule has 1 N–H and O–H groups in total. The fourth-order valence-corrected chi connectivity index (χ4v) is 3.94. The highest BCUT2D eigenvalue weighted by Crippen LogP contribution is 2.32. The Morgan fingerprint density at radius 2 is 2.00 bits per heavy atom. The van der Waals surface area contributed by atoms with Crippen molar-refractivity contribution < 1.29 is 8.42 Å². The summed E-state index contributed by atoms with van der Waals surface area (Å²) in [7, 11) is -3.25. The van der Waals surface area contributed by atoms with Crippen LogP contribution >= 0.6 is 0 Å². The van der Waals surface area contributed by atoms with Gasteiger partial charge in [0.15, 0.2) is 0 Å². The minimum Gasteiger partial charge on any atom is -0.282 e. The van der Waals surface area contributed by atoms with Crippen molar-refractivity contribution in [1.29, 1.82) is 0 Å². The van der Waals surface area contributed by atoms with E-state index in [1.807, 2.05) is 26.0 Å². The number of rotatable bonds is 3. The molecule has 22 heavy (non-hydrogen) atoms. The first-order chi connectivity index (χ1) is 10.3. The predicted molar refractivity (Wildman–Crippen MR) is 82.6 cm³/mol. The molecule has 2 aromatic heterocycles. The Balaban J connectivity index is 2.03. The highest BCUT2D eigenvalue weighted by molar-refractivity contribution is 7.88. The Hall–Kier alpha value is -1.80. The quantitative estimate of drug-likeness (QED) is 0.926. The molecular weight excluding hydrogens is 302 g/mol. The molecular formula is C14H19N5O2S. The van der Waals surface area contributed by atoms with Crippen molar-refractivity contribution in [3.8, 4) is 11.4 Å². The second-order valence-corrected chi connectivity index (χ2v) is 7.66. The molecule has 1 saturated heterocycles. The highest BCUT2D eigenvalue weighted by atomic mass is 32.2. The zero-order chi connectivity index (χ0) is 15.9. The monoisotopic (exact) mass is 321 g/mol. The second kappa shape index (κ2) is 5.44. The van der Waals surface area contributed by atoms with Crippen LogP contribution in [0, 0.1) is 13.8 Å². The van der Waals surface area contributed by atoms with Crippen molar-refractivity contribution in [1.82, 2.24) is 24.5 Å². The number of nitrogens with zero attached hydrogens (tertiary/aromatic N) is 4. The van der Waals surface area contributed by atoms with Crippen LogP contribution in [-0.4, -0.2) is 45.7 Å². The van der Waals surface area contributed by atoms with Crippen molar-refractivity contribution >= 4 is 10.0 Å². The van der Waals surface area contributed by atoms with Gasteiger partial charge < -0.3 is 0 Å². The van der Waals surface area contributed by atoms with Gasteiger partial charge >= 0.3 is 0 Å². The average Bonchev–Trinajstić information content (AvgIpc) is 3.05. The third-order valence-electron chi connectivity index (χ3n) is 3.77. The van der Waals surface area contributed by atoms with E-state index in [4.69, 9.17) is 0 Å². The average molecular weight is 321 g/mol. The molecule has 3 heterocycles. The van der Waals surface area contributed by atoms with E-state index in [0.717, 1.165) is 29.9 Å². The molecule has 0 aromatic carbocycles. The molecule has 0 spiro atoms.